The highest BCUT2D eigenvalue weighted by Gasteiger charge is 2.30. The number of carbonyl (C=O) groups is 1. The third-order valence-electron chi connectivity index (χ3n) is 4.13. The number of nitrogens with one attached hydrogen (secondary N) is 1. The van der Waals surface area contributed by atoms with Crippen LogP contribution in [0.15, 0.2) is 48.7 Å². The Hall–Kier alpha value is -3.07. The number of rotatable bonds is 7. The zero-order valence-corrected chi connectivity index (χ0v) is 17.1. The normalized spacial score (nSPS) is 11.2. The number of thiazole rings is 1. The molecule has 30 heavy (non-hydrogen) atoms. The van der Waals surface area contributed by atoms with Crippen LogP contribution in [0.25, 0.3) is 0 Å². The standard InChI is InChI=1S/C21H19F3N2O3S/c1-3-29-18-11-14(7-8-17(18)28-2)19(27)26-20-25-12-16(30-20)10-13-5-4-6-15(9-13)21(22,23)24/h4-9,11-12H,3,10H2,1-2H3,(H,25,26,27). The zero-order chi connectivity index (χ0) is 21.7. The molecule has 2 aromatic carbocycles. The minimum Gasteiger partial charge on any atom is -0.493 e. The van der Waals surface area contributed by atoms with Gasteiger partial charge in [0, 0.05) is 23.1 Å². The van der Waals surface area contributed by atoms with E-state index in [1.54, 1.807) is 30.5 Å². The number of amides is 1. The lowest BCUT2D eigenvalue weighted by Crippen LogP contribution is -2.12. The van der Waals surface area contributed by atoms with Gasteiger partial charge in [0.1, 0.15) is 0 Å². The van der Waals surface area contributed by atoms with Crippen molar-refractivity contribution < 1.29 is 27.4 Å². The maximum Gasteiger partial charge on any atom is 0.416 e. The van der Waals surface area contributed by atoms with Crippen LogP contribution in [0.5, 0.6) is 11.5 Å². The first kappa shape index (κ1) is 21.6. The van der Waals surface area contributed by atoms with Crippen LogP contribution in [0, 0.1) is 0 Å². The number of anilines is 1. The molecule has 0 fully saturated rings. The van der Waals surface area contributed by atoms with Gasteiger partial charge in [-0.3, -0.25) is 10.1 Å². The number of benzene rings is 2. The molecule has 0 saturated carbocycles. The molecule has 1 amide bonds. The summed E-state index contributed by atoms with van der Waals surface area (Å²) in [5.74, 6) is 0.599. The molecule has 1 N–H and O–H groups in total. The lowest BCUT2D eigenvalue weighted by atomic mass is 10.1. The Morgan fingerprint density at radius 1 is 1.17 bits per heavy atom. The van der Waals surface area contributed by atoms with E-state index in [2.05, 4.69) is 10.3 Å². The van der Waals surface area contributed by atoms with Gasteiger partial charge in [0.15, 0.2) is 16.6 Å². The largest absolute Gasteiger partial charge is 0.493 e. The fourth-order valence-corrected chi connectivity index (χ4v) is 3.60. The minimum atomic E-state index is -4.39. The topological polar surface area (TPSA) is 60.5 Å². The molecular weight excluding hydrogens is 417 g/mol. The molecule has 1 heterocycles. The van der Waals surface area contributed by atoms with Crippen LogP contribution in [-0.2, 0) is 12.6 Å². The summed E-state index contributed by atoms with van der Waals surface area (Å²) < 4.78 is 49.3. The molecule has 0 radical (unpaired) electrons. The first-order chi connectivity index (χ1) is 14.3. The van der Waals surface area contributed by atoms with Crippen molar-refractivity contribution in [1.29, 1.82) is 0 Å². The van der Waals surface area contributed by atoms with Gasteiger partial charge in [0.2, 0.25) is 0 Å². The van der Waals surface area contributed by atoms with E-state index < -0.39 is 11.7 Å². The average Bonchev–Trinajstić information content (AvgIpc) is 3.14. The number of carbonyl (C=O) groups excluding carboxylic acids is 1. The Kier molecular flexibility index (Phi) is 6.61. The summed E-state index contributed by atoms with van der Waals surface area (Å²) in [6, 6.07) is 9.97. The Labute approximate surface area is 175 Å². The molecule has 0 aliphatic carbocycles. The third-order valence-corrected chi connectivity index (χ3v) is 5.05. The van der Waals surface area contributed by atoms with Crippen molar-refractivity contribution in [3.8, 4) is 11.5 Å². The summed E-state index contributed by atoms with van der Waals surface area (Å²) in [5.41, 5.74) is 0.194. The van der Waals surface area contributed by atoms with Crippen molar-refractivity contribution in [1.82, 2.24) is 4.98 Å². The number of nitrogens with zero attached hydrogens (tertiary/aromatic N) is 1. The van der Waals surface area contributed by atoms with E-state index in [4.69, 9.17) is 9.47 Å². The maximum atomic E-state index is 12.9. The van der Waals surface area contributed by atoms with Gasteiger partial charge in [-0.05, 0) is 36.8 Å². The monoisotopic (exact) mass is 436 g/mol. The molecule has 3 rings (SSSR count). The summed E-state index contributed by atoms with van der Waals surface area (Å²) in [6.45, 7) is 2.25. The summed E-state index contributed by atoms with van der Waals surface area (Å²) in [5, 5.41) is 3.06. The van der Waals surface area contributed by atoms with E-state index in [0.717, 1.165) is 17.0 Å². The summed E-state index contributed by atoms with van der Waals surface area (Å²) in [4.78, 5) is 17.4. The Bertz CT molecular complexity index is 1030. The third kappa shape index (κ3) is 5.29. The molecule has 1 aromatic heterocycles. The number of aromatic nitrogens is 1. The van der Waals surface area contributed by atoms with Crippen LogP contribution >= 0.6 is 11.3 Å². The second-order valence-corrected chi connectivity index (χ2v) is 7.37. The van der Waals surface area contributed by atoms with Gasteiger partial charge in [-0.1, -0.05) is 18.2 Å². The number of methoxy groups -OCH3 is 1. The van der Waals surface area contributed by atoms with E-state index in [0.29, 0.717) is 34.4 Å². The van der Waals surface area contributed by atoms with Gasteiger partial charge in [0.25, 0.3) is 5.91 Å². The second-order valence-electron chi connectivity index (χ2n) is 6.26. The van der Waals surface area contributed by atoms with Gasteiger partial charge in [0.05, 0.1) is 19.3 Å². The highest BCUT2D eigenvalue weighted by molar-refractivity contribution is 7.15. The Morgan fingerprint density at radius 2 is 1.97 bits per heavy atom. The molecule has 0 aliphatic heterocycles. The molecule has 0 saturated heterocycles. The van der Waals surface area contributed by atoms with Crippen LogP contribution in [0.4, 0.5) is 18.3 Å². The number of hydrogen-bond donors (Lipinski definition) is 1. The van der Waals surface area contributed by atoms with Gasteiger partial charge in [-0.25, -0.2) is 4.98 Å². The summed E-state index contributed by atoms with van der Waals surface area (Å²) in [6.07, 6.45) is -2.56. The summed E-state index contributed by atoms with van der Waals surface area (Å²) in [7, 11) is 1.51. The van der Waals surface area contributed by atoms with Crippen molar-refractivity contribution >= 4 is 22.4 Å². The molecule has 158 valence electrons. The van der Waals surface area contributed by atoms with Crippen molar-refractivity contribution in [3.63, 3.8) is 0 Å². The zero-order valence-electron chi connectivity index (χ0n) is 16.2. The quantitative estimate of drug-likeness (QED) is 0.538. The lowest BCUT2D eigenvalue weighted by Gasteiger charge is -2.10. The first-order valence-corrected chi connectivity index (χ1v) is 9.85. The summed E-state index contributed by atoms with van der Waals surface area (Å²) >= 11 is 1.21. The van der Waals surface area contributed by atoms with Crippen LogP contribution in [0.1, 0.15) is 33.3 Å². The van der Waals surface area contributed by atoms with Crippen molar-refractivity contribution in [2.45, 2.75) is 19.5 Å². The van der Waals surface area contributed by atoms with Crippen molar-refractivity contribution in [2.75, 3.05) is 19.0 Å². The van der Waals surface area contributed by atoms with Crippen LogP contribution in [-0.4, -0.2) is 24.6 Å². The number of ether oxygens (including phenoxy) is 2. The molecule has 0 unspecified atom stereocenters. The second kappa shape index (κ2) is 9.17. The van der Waals surface area contributed by atoms with Crippen LogP contribution < -0.4 is 14.8 Å². The van der Waals surface area contributed by atoms with E-state index in [-0.39, 0.29) is 12.3 Å². The van der Waals surface area contributed by atoms with Crippen molar-refractivity contribution in [3.05, 3.63) is 70.2 Å². The van der Waals surface area contributed by atoms with Gasteiger partial charge in [-0.2, -0.15) is 13.2 Å². The highest BCUT2D eigenvalue weighted by atomic mass is 32.1. The Morgan fingerprint density at radius 3 is 2.67 bits per heavy atom. The molecule has 9 heteroatoms. The highest BCUT2D eigenvalue weighted by Crippen LogP contribution is 2.31. The fourth-order valence-electron chi connectivity index (χ4n) is 2.76. The van der Waals surface area contributed by atoms with Crippen LogP contribution in [0.2, 0.25) is 0 Å². The number of hydrogen-bond acceptors (Lipinski definition) is 5. The molecule has 5 nitrogen and oxygen atoms in total. The predicted molar refractivity (Wildman–Crippen MR) is 108 cm³/mol. The molecule has 0 atom stereocenters. The lowest BCUT2D eigenvalue weighted by molar-refractivity contribution is -0.137. The fraction of sp³-hybridized carbons (Fsp3) is 0.238. The maximum absolute atomic E-state index is 12.9. The minimum absolute atomic E-state index is 0.286. The first-order valence-electron chi connectivity index (χ1n) is 9.03. The molecule has 0 aliphatic rings. The number of alkyl halides is 3. The molecular formula is C21H19F3N2O3S. The van der Waals surface area contributed by atoms with E-state index in [9.17, 15) is 18.0 Å². The molecule has 3 aromatic rings. The van der Waals surface area contributed by atoms with Gasteiger partial charge in [-0.15, -0.1) is 11.3 Å². The van der Waals surface area contributed by atoms with E-state index in [1.165, 1.54) is 24.5 Å². The Balaban J connectivity index is 1.70. The molecule has 0 bridgehead atoms. The van der Waals surface area contributed by atoms with Gasteiger partial charge >= 0.3 is 6.18 Å². The van der Waals surface area contributed by atoms with E-state index in [1.807, 2.05) is 6.92 Å². The molecule has 0 spiro atoms. The smallest absolute Gasteiger partial charge is 0.416 e. The van der Waals surface area contributed by atoms with E-state index >= 15 is 0 Å². The number of halogens is 3. The van der Waals surface area contributed by atoms with Crippen molar-refractivity contribution in [2.24, 2.45) is 0 Å². The average molecular weight is 436 g/mol. The van der Waals surface area contributed by atoms with Crippen LogP contribution in [0.3, 0.4) is 0 Å². The predicted octanol–water partition coefficient (Wildman–Crippen LogP) is 5.41. The van der Waals surface area contributed by atoms with Gasteiger partial charge < -0.3 is 9.47 Å². The SMILES string of the molecule is CCOc1cc(C(=O)Nc2ncc(Cc3cccc(C(F)(F)F)c3)s2)ccc1OC.